The van der Waals surface area contributed by atoms with Gasteiger partial charge in [-0.3, -0.25) is 19.3 Å². The normalized spacial score (nSPS) is 16.1. The smallest absolute Gasteiger partial charge is 0.323 e. The number of amides is 2. The van der Waals surface area contributed by atoms with Gasteiger partial charge in [0.15, 0.2) is 11.5 Å². The molecule has 0 atom stereocenters. The molecule has 122 valence electrons. The van der Waals surface area contributed by atoms with Crippen LogP contribution in [0.25, 0.3) is 6.08 Å². The molecule has 0 aromatic heterocycles. The molecule has 0 spiro atoms. The van der Waals surface area contributed by atoms with Crippen LogP contribution in [0.1, 0.15) is 12.5 Å². The lowest BCUT2D eigenvalue weighted by molar-refractivity contribution is -0.140. The Bertz CT molecular complexity index is 685. The zero-order chi connectivity index (χ0) is 17.0. The average molecular weight is 337 g/mol. The molecule has 1 N–H and O–H groups in total. The maximum Gasteiger partial charge on any atom is 0.323 e. The average Bonchev–Trinajstić information content (AvgIpc) is 2.76. The molecule has 1 fully saturated rings. The van der Waals surface area contributed by atoms with Gasteiger partial charge in [0.2, 0.25) is 0 Å². The number of hydrogen-bond acceptors (Lipinski definition) is 6. The maximum absolute atomic E-state index is 12.1. The van der Waals surface area contributed by atoms with E-state index in [2.05, 4.69) is 0 Å². The largest absolute Gasteiger partial charge is 0.493 e. The van der Waals surface area contributed by atoms with Gasteiger partial charge in [-0.05, 0) is 42.5 Å². The minimum absolute atomic E-state index is 0.169. The van der Waals surface area contributed by atoms with Gasteiger partial charge in [-0.2, -0.15) is 0 Å². The summed E-state index contributed by atoms with van der Waals surface area (Å²) in [6, 6.07) is 5.10. The second kappa shape index (κ2) is 7.19. The number of ether oxygens (including phenoxy) is 2. The summed E-state index contributed by atoms with van der Waals surface area (Å²) < 4.78 is 10.6. The van der Waals surface area contributed by atoms with Gasteiger partial charge in [0, 0.05) is 0 Å². The molecule has 1 aromatic rings. The van der Waals surface area contributed by atoms with Gasteiger partial charge in [-0.15, -0.1) is 0 Å². The lowest BCUT2D eigenvalue weighted by atomic mass is 10.2. The van der Waals surface area contributed by atoms with Gasteiger partial charge in [0.25, 0.3) is 11.1 Å². The van der Waals surface area contributed by atoms with Crippen LogP contribution in [0.2, 0.25) is 0 Å². The number of methoxy groups -OCH3 is 1. The maximum atomic E-state index is 12.1. The van der Waals surface area contributed by atoms with Crippen molar-refractivity contribution in [1.29, 1.82) is 0 Å². The number of rotatable bonds is 6. The SMILES string of the molecule is CCOc1ccc(/C=C2\SC(=O)N(CC(=O)O)C2=O)cc1OC. The monoisotopic (exact) mass is 337 g/mol. The summed E-state index contributed by atoms with van der Waals surface area (Å²) in [7, 11) is 1.50. The van der Waals surface area contributed by atoms with Crippen molar-refractivity contribution >= 4 is 35.0 Å². The van der Waals surface area contributed by atoms with Crippen molar-refractivity contribution in [1.82, 2.24) is 4.90 Å². The van der Waals surface area contributed by atoms with Crippen molar-refractivity contribution in [3.63, 3.8) is 0 Å². The first-order valence-corrected chi connectivity index (χ1v) is 7.56. The minimum atomic E-state index is -1.24. The molecular weight excluding hydrogens is 322 g/mol. The van der Waals surface area contributed by atoms with Crippen LogP contribution in [0.3, 0.4) is 0 Å². The molecule has 1 aromatic carbocycles. The van der Waals surface area contributed by atoms with Gasteiger partial charge in [-0.1, -0.05) is 6.07 Å². The molecule has 7 nitrogen and oxygen atoms in total. The van der Waals surface area contributed by atoms with Crippen LogP contribution in [-0.4, -0.2) is 47.4 Å². The predicted octanol–water partition coefficient (Wildman–Crippen LogP) is 2.21. The molecule has 8 heteroatoms. The Morgan fingerprint density at radius 2 is 2.09 bits per heavy atom. The first-order valence-electron chi connectivity index (χ1n) is 6.74. The molecule has 1 heterocycles. The van der Waals surface area contributed by atoms with E-state index >= 15 is 0 Å². The Labute approximate surface area is 136 Å². The molecule has 1 aliphatic rings. The highest BCUT2D eigenvalue weighted by atomic mass is 32.2. The van der Waals surface area contributed by atoms with Crippen molar-refractivity contribution < 1.29 is 29.0 Å². The van der Waals surface area contributed by atoms with Gasteiger partial charge in [-0.25, -0.2) is 0 Å². The minimum Gasteiger partial charge on any atom is -0.493 e. The van der Waals surface area contributed by atoms with Crippen molar-refractivity contribution in [3.05, 3.63) is 28.7 Å². The number of nitrogens with zero attached hydrogens (tertiary/aromatic N) is 1. The highest BCUT2D eigenvalue weighted by molar-refractivity contribution is 8.18. The van der Waals surface area contributed by atoms with Gasteiger partial charge in [0.1, 0.15) is 6.54 Å². The number of thioether (sulfide) groups is 1. The van der Waals surface area contributed by atoms with Gasteiger partial charge < -0.3 is 14.6 Å². The molecule has 1 saturated heterocycles. The summed E-state index contributed by atoms with van der Waals surface area (Å²) >= 11 is 0.710. The van der Waals surface area contributed by atoms with Crippen LogP contribution >= 0.6 is 11.8 Å². The van der Waals surface area contributed by atoms with E-state index in [-0.39, 0.29) is 4.91 Å². The summed E-state index contributed by atoms with van der Waals surface area (Å²) in [5.74, 6) is -0.775. The summed E-state index contributed by atoms with van der Waals surface area (Å²) in [6.07, 6.45) is 1.52. The zero-order valence-corrected chi connectivity index (χ0v) is 13.4. The third kappa shape index (κ3) is 3.84. The van der Waals surface area contributed by atoms with Crippen molar-refractivity contribution in [2.45, 2.75) is 6.92 Å². The first kappa shape index (κ1) is 16.9. The molecule has 2 amide bonds. The number of carboxylic acid groups (broad SMARTS) is 1. The second-order valence-electron chi connectivity index (χ2n) is 4.50. The third-order valence-electron chi connectivity index (χ3n) is 2.95. The van der Waals surface area contributed by atoms with Crippen LogP contribution in [-0.2, 0) is 9.59 Å². The molecule has 2 rings (SSSR count). The number of hydrogen-bond donors (Lipinski definition) is 1. The molecule has 0 bridgehead atoms. The molecule has 1 aliphatic heterocycles. The van der Waals surface area contributed by atoms with Crippen LogP contribution in [0.5, 0.6) is 11.5 Å². The number of carbonyl (C=O) groups is 3. The van der Waals surface area contributed by atoms with E-state index in [1.807, 2.05) is 6.92 Å². The van der Waals surface area contributed by atoms with Crippen LogP contribution in [0.4, 0.5) is 4.79 Å². The summed E-state index contributed by atoms with van der Waals surface area (Å²) in [5, 5.41) is 8.13. The number of carboxylic acids is 1. The second-order valence-corrected chi connectivity index (χ2v) is 5.50. The molecule has 0 saturated carbocycles. The molecule has 23 heavy (non-hydrogen) atoms. The van der Waals surface area contributed by atoms with E-state index in [1.54, 1.807) is 18.2 Å². The summed E-state index contributed by atoms with van der Waals surface area (Å²) in [6.45, 7) is 1.70. The number of carbonyl (C=O) groups excluding carboxylic acids is 2. The molecular formula is C15H15NO6S. The zero-order valence-electron chi connectivity index (χ0n) is 12.6. The van der Waals surface area contributed by atoms with Gasteiger partial charge in [0.05, 0.1) is 18.6 Å². The van der Waals surface area contributed by atoms with E-state index in [9.17, 15) is 14.4 Å². The fraction of sp³-hybridized carbons (Fsp3) is 0.267. The van der Waals surface area contributed by atoms with E-state index in [0.717, 1.165) is 0 Å². The van der Waals surface area contributed by atoms with E-state index in [0.29, 0.717) is 40.3 Å². The van der Waals surface area contributed by atoms with Crippen molar-refractivity contribution in [3.8, 4) is 11.5 Å². The molecule has 0 aliphatic carbocycles. The first-order chi connectivity index (χ1) is 11.0. The topological polar surface area (TPSA) is 93.1 Å². The predicted molar refractivity (Wildman–Crippen MR) is 84.5 cm³/mol. The molecule has 0 unspecified atom stereocenters. The standard InChI is InChI=1S/C15H15NO6S/c1-3-22-10-5-4-9(6-11(10)21-2)7-12-14(19)16(8-13(17)18)15(20)23-12/h4-7H,3,8H2,1-2H3,(H,17,18)/b12-7-. The molecule has 0 radical (unpaired) electrons. The fourth-order valence-corrected chi connectivity index (χ4v) is 2.81. The number of imide groups is 1. The Morgan fingerprint density at radius 1 is 1.35 bits per heavy atom. The lowest BCUT2D eigenvalue weighted by Gasteiger charge is -2.10. The third-order valence-corrected chi connectivity index (χ3v) is 3.86. The van der Waals surface area contributed by atoms with Crippen LogP contribution < -0.4 is 9.47 Å². The fourth-order valence-electron chi connectivity index (χ4n) is 1.97. The Hall–Kier alpha value is -2.48. The number of benzene rings is 1. The van der Waals surface area contributed by atoms with Gasteiger partial charge >= 0.3 is 5.97 Å². The van der Waals surface area contributed by atoms with E-state index in [4.69, 9.17) is 14.6 Å². The van der Waals surface area contributed by atoms with Crippen LogP contribution in [0, 0.1) is 0 Å². The Kier molecular flexibility index (Phi) is 5.28. The van der Waals surface area contributed by atoms with E-state index < -0.39 is 23.7 Å². The Balaban J connectivity index is 2.26. The highest BCUT2D eigenvalue weighted by Crippen LogP contribution is 2.34. The summed E-state index contributed by atoms with van der Waals surface area (Å²) in [4.78, 5) is 35.3. The van der Waals surface area contributed by atoms with Crippen LogP contribution in [0.15, 0.2) is 23.1 Å². The summed E-state index contributed by atoms with van der Waals surface area (Å²) in [5.41, 5.74) is 0.645. The highest BCUT2D eigenvalue weighted by Gasteiger charge is 2.36. The van der Waals surface area contributed by atoms with Crippen molar-refractivity contribution in [2.24, 2.45) is 0 Å². The van der Waals surface area contributed by atoms with Crippen molar-refractivity contribution in [2.75, 3.05) is 20.3 Å². The number of aliphatic carboxylic acids is 1. The Morgan fingerprint density at radius 3 is 2.70 bits per heavy atom. The van der Waals surface area contributed by atoms with E-state index in [1.165, 1.54) is 13.2 Å². The lowest BCUT2D eigenvalue weighted by Crippen LogP contribution is -2.33. The quantitative estimate of drug-likeness (QED) is 0.795.